The summed E-state index contributed by atoms with van der Waals surface area (Å²) in [4.78, 5) is 24.9. The van der Waals surface area contributed by atoms with E-state index in [0.717, 1.165) is 10.9 Å². The van der Waals surface area contributed by atoms with Crippen LogP contribution in [0, 0.1) is 5.41 Å². The Bertz CT molecular complexity index is 1150. The van der Waals surface area contributed by atoms with Crippen molar-refractivity contribution < 1.29 is 19.1 Å². The Kier molecular flexibility index (Phi) is 4.10. The van der Waals surface area contributed by atoms with Gasteiger partial charge < -0.3 is 18.8 Å². The first-order chi connectivity index (χ1) is 13.2. The summed E-state index contributed by atoms with van der Waals surface area (Å²) in [6, 6.07) is 6.52. The third kappa shape index (κ3) is 2.80. The van der Waals surface area contributed by atoms with Crippen LogP contribution >= 0.6 is 0 Å². The highest BCUT2D eigenvalue weighted by Gasteiger charge is 2.36. The van der Waals surface area contributed by atoms with Gasteiger partial charge in [-0.05, 0) is 30.9 Å². The minimum absolute atomic E-state index is 0.0124. The number of furan rings is 1. The number of carbonyl (C=O) groups excluding carboxylic acids is 1. The monoisotopic (exact) mass is 381 g/mol. The fourth-order valence-electron chi connectivity index (χ4n) is 3.91. The van der Waals surface area contributed by atoms with Gasteiger partial charge >= 0.3 is 5.97 Å². The van der Waals surface area contributed by atoms with Crippen LogP contribution < -0.4 is 5.43 Å². The lowest BCUT2D eigenvalue weighted by molar-refractivity contribution is 0.0523. The van der Waals surface area contributed by atoms with E-state index in [0.29, 0.717) is 23.5 Å². The van der Waals surface area contributed by atoms with Gasteiger partial charge in [0, 0.05) is 35.3 Å². The molecule has 2 aromatic heterocycles. The number of hydrogen-bond donors (Lipinski definition) is 1. The van der Waals surface area contributed by atoms with E-state index < -0.39 is 11.4 Å². The van der Waals surface area contributed by atoms with Crippen molar-refractivity contribution in [3.63, 3.8) is 0 Å². The first-order valence-corrected chi connectivity index (χ1v) is 9.38. The lowest BCUT2D eigenvalue weighted by Crippen LogP contribution is -2.32. The Morgan fingerprint density at radius 3 is 2.75 bits per heavy atom. The molecule has 3 heterocycles. The summed E-state index contributed by atoms with van der Waals surface area (Å²) < 4.78 is 13.0. The average molecular weight is 381 g/mol. The number of esters is 1. The Morgan fingerprint density at radius 2 is 2.07 bits per heavy atom. The van der Waals surface area contributed by atoms with Crippen LogP contribution in [0.2, 0.25) is 0 Å². The lowest BCUT2D eigenvalue weighted by atomic mass is 9.80. The molecule has 1 aliphatic heterocycles. The number of rotatable bonds is 2. The molecule has 0 fully saturated rings. The van der Waals surface area contributed by atoms with Gasteiger partial charge in [-0.1, -0.05) is 20.8 Å². The first kappa shape index (κ1) is 18.3. The minimum atomic E-state index is -0.615. The molecule has 0 saturated carbocycles. The molecule has 28 heavy (non-hydrogen) atoms. The lowest BCUT2D eigenvalue weighted by Gasteiger charge is -2.37. The molecule has 4 rings (SSSR count). The molecule has 0 spiro atoms. The van der Waals surface area contributed by atoms with E-state index in [9.17, 15) is 14.7 Å². The number of nitrogens with zero attached hydrogens (tertiary/aromatic N) is 1. The molecule has 0 amide bonds. The summed E-state index contributed by atoms with van der Waals surface area (Å²) >= 11 is 0. The number of aromatic hydroxyl groups is 1. The van der Waals surface area contributed by atoms with Crippen molar-refractivity contribution in [1.29, 1.82) is 0 Å². The van der Waals surface area contributed by atoms with Crippen molar-refractivity contribution in [3.8, 4) is 17.2 Å². The highest BCUT2D eigenvalue weighted by molar-refractivity contribution is 5.91. The summed E-state index contributed by atoms with van der Waals surface area (Å²) in [5.74, 6) is 0.116. The fourth-order valence-corrected chi connectivity index (χ4v) is 3.91. The van der Waals surface area contributed by atoms with Crippen LogP contribution in [0.5, 0.6) is 5.75 Å². The molecule has 0 aliphatic carbocycles. The maximum atomic E-state index is 12.6. The minimum Gasteiger partial charge on any atom is -0.508 e. The number of fused-ring (bicyclic) bond motifs is 5. The van der Waals surface area contributed by atoms with Gasteiger partial charge in [-0.2, -0.15) is 0 Å². The van der Waals surface area contributed by atoms with Crippen molar-refractivity contribution in [2.45, 2.75) is 40.2 Å². The highest BCUT2D eigenvalue weighted by Crippen LogP contribution is 2.46. The molecule has 6 heteroatoms. The van der Waals surface area contributed by atoms with Crippen molar-refractivity contribution in [1.82, 2.24) is 4.57 Å². The number of ether oxygens (including phenoxy) is 1. The molecule has 3 aromatic rings. The number of hydrogen-bond acceptors (Lipinski definition) is 5. The number of phenols is 1. The van der Waals surface area contributed by atoms with E-state index in [1.54, 1.807) is 25.3 Å². The second kappa shape index (κ2) is 6.26. The Labute approximate surface area is 162 Å². The molecule has 0 bridgehead atoms. The van der Waals surface area contributed by atoms with Gasteiger partial charge in [0.05, 0.1) is 12.3 Å². The Hall–Kier alpha value is -3.02. The van der Waals surface area contributed by atoms with Crippen molar-refractivity contribution >= 4 is 16.9 Å². The number of aromatic nitrogens is 1. The first-order valence-electron chi connectivity index (χ1n) is 9.38. The predicted molar refractivity (Wildman–Crippen MR) is 106 cm³/mol. The molecule has 1 N–H and O–H groups in total. The standard InChI is InChI=1S/C22H23NO5/c1-5-27-21(26)15-11-23-16(10-17(15)25)20-14(9-19(23)22(2,3)4)13-7-6-12(24)8-18(13)28-20/h6-8,10-11,19,24H,5,9H2,1-4H3/t19-/m0/s1. The van der Waals surface area contributed by atoms with Crippen molar-refractivity contribution in [2.24, 2.45) is 5.41 Å². The number of benzene rings is 1. The van der Waals surface area contributed by atoms with Crippen molar-refractivity contribution in [2.75, 3.05) is 6.61 Å². The molecule has 0 radical (unpaired) electrons. The zero-order valence-electron chi connectivity index (χ0n) is 16.4. The topological polar surface area (TPSA) is 81.7 Å². The van der Waals surface area contributed by atoms with E-state index >= 15 is 0 Å². The smallest absolute Gasteiger partial charge is 0.343 e. The predicted octanol–water partition coefficient (Wildman–Crippen LogP) is 4.29. The zero-order valence-corrected chi connectivity index (χ0v) is 16.4. The van der Waals surface area contributed by atoms with Gasteiger partial charge in [-0.25, -0.2) is 4.79 Å². The highest BCUT2D eigenvalue weighted by atomic mass is 16.5. The maximum Gasteiger partial charge on any atom is 0.343 e. The van der Waals surface area contributed by atoms with Crippen LogP contribution in [-0.4, -0.2) is 22.2 Å². The van der Waals surface area contributed by atoms with Gasteiger partial charge in [0.15, 0.2) is 11.2 Å². The van der Waals surface area contributed by atoms with Gasteiger partial charge in [0.2, 0.25) is 0 Å². The van der Waals surface area contributed by atoms with Crippen molar-refractivity contribution in [3.05, 3.63) is 51.8 Å². The fraction of sp³-hybridized carbons (Fsp3) is 0.364. The summed E-state index contributed by atoms with van der Waals surface area (Å²) in [6.07, 6.45) is 2.29. The molecule has 1 atom stereocenters. The summed E-state index contributed by atoms with van der Waals surface area (Å²) in [5.41, 5.74) is 1.72. The van der Waals surface area contributed by atoms with Crippen LogP contribution in [0.4, 0.5) is 0 Å². The van der Waals surface area contributed by atoms with Gasteiger partial charge in [0.1, 0.15) is 16.9 Å². The Balaban J connectivity index is 2.00. The largest absolute Gasteiger partial charge is 0.508 e. The van der Waals surface area contributed by atoms with Crippen LogP contribution in [0.15, 0.2) is 39.7 Å². The van der Waals surface area contributed by atoms with Crippen LogP contribution in [-0.2, 0) is 11.2 Å². The van der Waals surface area contributed by atoms with Gasteiger partial charge in [-0.15, -0.1) is 0 Å². The van der Waals surface area contributed by atoms with E-state index in [2.05, 4.69) is 20.8 Å². The molecule has 0 unspecified atom stereocenters. The number of pyridine rings is 1. The molecule has 6 nitrogen and oxygen atoms in total. The normalized spacial score (nSPS) is 15.9. The maximum absolute atomic E-state index is 12.6. The second-order valence-electron chi connectivity index (χ2n) is 8.24. The molecular formula is C22H23NO5. The number of carbonyl (C=O) groups is 1. The van der Waals surface area contributed by atoms with Crippen LogP contribution in [0.25, 0.3) is 22.4 Å². The molecular weight excluding hydrogens is 358 g/mol. The number of phenolic OH excluding ortho intramolecular Hbond substituents is 1. The SMILES string of the molecule is CCOC(=O)c1cn2c(cc1=O)-c1oc3cc(O)ccc3c1C[C@H]2C(C)(C)C. The van der Waals surface area contributed by atoms with Gasteiger partial charge in [0.25, 0.3) is 0 Å². The summed E-state index contributed by atoms with van der Waals surface area (Å²) in [5, 5.41) is 10.7. The van der Waals surface area contributed by atoms with E-state index in [4.69, 9.17) is 9.15 Å². The van der Waals surface area contributed by atoms with Crippen LogP contribution in [0.1, 0.15) is 49.7 Å². The van der Waals surface area contributed by atoms with Crippen LogP contribution in [0.3, 0.4) is 0 Å². The van der Waals surface area contributed by atoms with E-state index in [-0.39, 0.29) is 29.4 Å². The quantitative estimate of drug-likeness (QED) is 0.670. The van der Waals surface area contributed by atoms with Gasteiger partial charge in [-0.3, -0.25) is 4.79 Å². The summed E-state index contributed by atoms with van der Waals surface area (Å²) in [6.45, 7) is 8.30. The average Bonchev–Trinajstić information content (AvgIpc) is 2.97. The molecule has 146 valence electrons. The third-order valence-corrected chi connectivity index (χ3v) is 5.32. The zero-order chi connectivity index (χ0) is 20.2. The Morgan fingerprint density at radius 1 is 1.32 bits per heavy atom. The molecule has 1 aliphatic rings. The third-order valence-electron chi connectivity index (χ3n) is 5.32. The van der Waals surface area contributed by atoms with E-state index in [1.807, 2.05) is 10.6 Å². The molecule has 0 saturated heterocycles. The van der Waals surface area contributed by atoms with E-state index in [1.165, 1.54) is 6.07 Å². The molecule has 1 aromatic carbocycles. The second-order valence-corrected chi connectivity index (χ2v) is 8.24. The summed E-state index contributed by atoms with van der Waals surface area (Å²) in [7, 11) is 0.